The van der Waals surface area contributed by atoms with Crippen LogP contribution in [0.3, 0.4) is 0 Å². The molecule has 1 heterocycles. The fraction of sp³-hybridized carbons (Fsp3) is 0.571. The van der Waals surface area contributed by atoms with Gasteiger partial charge in [0, 0.05) is 44.3 Å². The second-order valence-electron chi connectivity index (χ2n) is 8.42. The first-order valence-electron chi connectivity index (χ1n) is 10.1. The SMILES string of the molecule is CN(C)S(=O)(=O)c1ccc(C(=O)NC2CCC=CC2N2CC3CCC2C3)cc1. The van der Waals surface area contributed by atoms with Gasteiger partial charge in [0.2, 0.25) is 10.0 Å². The molecule has 1 aromatic carbocycles. The van der Waals surface area contributed by atoms with Gasteiger partial charge >= 0.3 is 0 Å². The molecule has 4 rings (SSSR count). The van der Waals surface area contributed by atoms with Crippen molar-refractivity contribution in [1.29, 1.82) is 0 Å². The van der Waals surface area contributed by atoms with Gasteiger partial charge in [-0.3, -0.25) is 9.69 Å². The normalized spacial score (nSPS) is 30.1. The highest BCUT2D eigenvalue weighted by Gasteiger charge is 2.43. The Balaban J connectivity index is 1.46. The van der Waals surface area contributed by atoms with E-state index in [1.165, 1.54) is 49.8 Å². The molecule has 7 heteroatoms. The molecule has 4 atom stereocenters. The number of nitrogens with one attached hydrogen (secondary N) is 1. The van der Waals surface area contributed by atoms with Crippen molar-refractivity contribution in [3.63, 3.8) is 0 Å². The predicted molar refractivity (Wildman–Crippen MR) is 109 cm³/mol. The molecule has 0 spiro atoms. The number of allylic oxidation sites excluding steroid dienone is 1. The first-order chi connectivity index (χ1) is 13.4. The van der Waals surface area contributed by atoms with Crippen molar-refractivity contribution in [3.05, 3.63) is 42.0 Å². The van der Waals surface area contributed by atoms with Gasteiger partial charge in [-0.15, -0.1) is 0 Å². The van der Waals surface area contributed by atoms with E-state index in [9.17, 15) is 13.2 Å². The van der Waals surface area contributed by atoms with Gasteiger partial charge < -0.3 is 5.32 Å². The molecule has 1 aliphatic heterocycles. The number of hydrogen-bond acceptors (Lipinski definition) is 4. The molecule has 6 nitrogen and oxygen atoms in total. The highest BCUT2D eigenvalue weighted by atomic mass is 32.2. The number of piperidine rings is 1. The van der Waals surface area contributed by atoms with Crippen LogP contribution in [0, 0.1) is 5.92 Å². The molecule has 1 amide bonds. The molecule has 1 N–H and O–H groups in total. The van der Waals surface area contributed by atoms with Gasteiger partial charge in [0.15, 0.2) is 0 Å². The zero-order valence-corrected chi connectivity index (χ0v) is 17.4. The Morgan fingerprint density at radius 1 is 1.14 bits per heavy atom. The van der Waals surface area contributed by atoms with E-state index in [0.29, 0.717) is 11.6 Å². The van der Waals surface area contributed by atoms with E-state index in [1.54, 1.807) is 12.1 Å². The summed E-state index contributed by atoms with van der Waals surface area (Å²) in [5, 5.41) is 3.21. The summed E-state index contributed by atoms with van der Waals surface area (Å²) in [6.07, 6.45) is 10.3. The maximum atomic E-state index is 12.8. The second-order valence-corrected chi connectivity index (χ2v) is 10.6. The minimum absolute atomic E-state index is 0.0991. The van der Waals surface area contributed by atoms with Crippen LogP contribution < -0.4 is 5.32 Å². The Labute approximate surface area is 167 Å². The Kier molecular flexibility index (Phi) is 5.33. The van der Waals surface area contributed by atoms with E-state index in [2.05, 4.69) is 22.4 Å². The van der Waals surface area contributed by atoms with Gasteiger partial charge in [0.25, 0.3) is 5.91 Å². The number of carbonyl (C=O) groups is 1. The molecule has 1 aromatic rings. The summed E-state index contributed by atoms with van der Waals surface area (Å²) in [4.78, 5) is 15.6. The number of rotatable bonds is 5. The van der Waals surface area contributed by atoms with Crippen LogP contribution in [0.25, 0.3) is 0 Å². The van der Waals surface area contributed by atoms with Crippen molar-refractivity contribution in [2.75, 3.05) is 20.6 Å². The average Bonchev–Trinajstić information content (AvgIpc) is 3.32. The molecule has 2 aliphatic carbocycles. The van der Waals surface area contributed by atoms with Gasteiger partial charge in [-0.05, 0) is 62.3 Å². The summed E-state index contributed by atoms with van der Waals surface area (Å²) >= 11 is 0. The topological polar surface area (TPSA) is 69.7 Å². The molecule has 28 heavy (non-hydrogen) atoms. The quantitative estimate of drug-likeness (QED) is 0.766. The Morgan fingerprint density at radius 2 is 1.89 bits per heavy atom. The van der Waals surface area contributed by atoms with Crippen LogP contribution in [0.2, 0.25) is 0 Å². The number of likely N-dealkylation sites (tertiary alicyclic amines) is 1. The smallest absolute Gasteiger partial charge is 0.251 e. The van der Waals surface area contributed by atoms with Crippen molar-refractivity contribution in [1.82, 2.24) is 14.5 Å². The van der Waals surface area contributed by atoms with E-state index in [4.69, 9.17) is 0 Å². The summed E-state index contributed by atoms with van der Waals surface area (Å²) < 4.78 is 25.6. The molecule has 3 aliphatic rings. The molecule has 2 fully saturated rings. The minimum atomic E-state index is -3.49. The number of amides is 1. The fourth-order valence-electron chi connectivity index (χ4n) is 4.88. The third-order valence-corrected chi connectivity index (χ3v) is 8.27. The van der Waals surface area contributed by atoms with Crippen LogP contribution >= 0.6 is 0 Å². The lowest BCUT2D eigenvalue weighted by molar-refractivity contribution is 0.0874. The zero-order chi connectivity index (χ0) is 19.9. The standard InChI is InChI=1S/C21H29N3O3S/c1-23(2)28(26,27)18-11-8-16(9-12-18)21(25)22-19-5-3-4-6-20(19)24-14-15-7-10-17(24)13-15/h4,6,8-9,11-12,15,17,19-20H,3,5,7,10,13-14H2,1-2H3,(H,22,25). The molecular weight excluding hydrogens is 374 g/mol. The maximum absolute atomic E-state index is 12.8. The van der Waals surface area contributed by atoms with Crippen LogP contribution in [-0.4, -0.2) is 62.3 Å². The molecule has 1 saturated heterocycles. The Hall–Kier alpha value is -1.70. The summed E-state index contributed by atoms with van der Waals surface area (Å²) in [6.45, 7) is 1.14. The van der Waals surface area contributed by atoms with E-state index in [-0.39, 0.29) is 22.9 Å². The van der Waals surface area contributed by atoms with Crippen LogP contribution in [0.1, 0.15) is 42.5 Å². The minimum Gasteiger partial charge on any atom is -0.347 e. The number of carbonyl (C=O) groups excluding carboxylic acids is 1. The van der Waals surface area contributed by atoms with Crippen molar-refractivity contribution in [3.8, 4) is 0 Å². The predicted octanol–water partition coefficient (Wildman–Crippen LogP) is 2.24. The van der Waals surface area contributed by atoms with Gasteiger partial charge in [-0.25, -0.2) is 12.7 Å². The van der Waals surface area contributed by atoms with Gasteiger partial charge in [-0.1, -0.05) is 12.2 Å². The number of nitrogens with zero attached hydrogens (tertiary/aromatic N) is 2. The van der Waals surface area contributed by atoms with Crippen molar-refractivity contribution in [2.45, 2.75) is 55.1 Å². The van der Waals surface area contributed by atoms with Crippen LogP contribution in [0.15, 0.2) is 41.3 Å². The second kappa shape index (κ2) is 7.61. The molecule has 152 valence electrons. The number of hydrogen-bond donors (Lipinski definition) is 1. The average molecular weight is 404 g/mol. The van der Waals surface area contributed by atoms with E-state index >= 15 is 0 Å². The lowest BCUT2D eigenvalue weighted by atomic mass is 9.93. The summed E-state index contributed by atoms with van der Waals surface area (Å²) in [5.74, 6) is 0.686. The Bertz CT molecular complexity index is 863. The zero-order valence-electron chi connectivity index (χ0n) is 16.5. The monoisotopic (exact) mass is 403 g/mol. The van der Waals surface area contributed by atoms with Gasteiger partial charge in [0.1, 0.15) is 0 Å². The summed E-state index contributed by atoms with van der Waals surface area (Å²) in [5.41, 5.74) is 0.494. The van der Waals surface area contributed by atoms with Gasteiger partial charge in [-0.2, -0.15) is 0 Å². The summed E-state index contributed by atoms with van der Waals surface area (Å²) in [6, 6.07) is 7.22. The highest BCUT2D eigenvalue weighted by Crippen LogP contribution is 2.40. The molecule has 1 saturated carbocycles. The first kappa shape index (κ1) is 19.6. The van der Waals surface area contributed by atoms with Crippen molar-refractivity contribution >= 4 is 15.9 Å². The molecule has 2 bridgehead atoms. The van der Waals surface area contributed by atoms with E-state index in [1.807, 2.05) is 0 Å². The number of benzene rings is 1. The first-order valence-corrected chi connectivity index (χ1v) is 11.6. The largest absolute Gasteiger partial charge is 0.347 e. The van der Waals surface area contributed by atoms with Gasteiger partial charge in [0.05, 0.1) is 4.90 Å². The number of fused-ring (bicyclic) bond motifs is 2. The molecule has 0 radical (unpaired) electrons. The van der Waals surface area contributed by atoms with Crippen molar-refractivity contribution < 1.29 is 13.2 Å². The third-order valence-electron chi connectivity index (χ3n) is 6.44. The van der Waals surface area contributed by atoms with E-state index in [0.717, 1.165) is 25.3 Å². The van der Waals surface area contributed by atoms with Crippen LogP contribution in [0.4, 0.5) is 0 Å². The highest BCUT2D eigenvalue weighted by molar-refractivity contribution is 7.89. The summed E-state index contributed by atoms with van der Waals surface area (Å²) in [7, 11) is -0.490. The van der Waals surface area contributed by atoms with Crippen molar-refractivity contribution in [2.24, 2.45) is 5.92 Å². The number of sulfonamides is 1. The fourth-order valence-corrected chi connectivity index (χ4v) is 5.79. The lowest BCUT2D eigenvalue weighted by Crippen LogP contribution is -2.54. The van der Waals surface area contributed by atoms with Crippen LogP contribution in [-0.2, 0) is 10.0 Å². The molecular formula is C21H29N3O3S. The van der Waals surface area contributed by atoms with E-state index < -0.39 is 10.0 Å². The lowest BCUT2D eigenvalue weighted by Gasteiger charge is -2.40. The molecule has 0 aromatic heterocycles. The maximum Gasteiger partial charge on any atom is 0.251 e. The molecule has 4 unspecified atom stereocenters. The third kappa shape index (κ3) is 3.63. The van der Waals surface area contributed by atoms with Crippen LogP contribution in [0.5, 0.6) is 0 Å². The Morgan fingerprint density at radius 3 is 2.50 bits per heavy atom.